The van der Waals surface area contributed by atoms with Gasteiger partial charge >= 0.3 is 0 Å². The minimum Gasteiger partial charge on any atom is -0.363 e. The van der Waals surface area contributed by atoms with Crippen LogP contribution < -0.4 is 5.32 Å². The second kappa shape index (κ2) is 4.81. The summed E-state index contributed by atoms with van der Waals surface area (Å²) in [4.78, 5) is 4.19. The summed E-state index contributed by atoms with van der Waals surface area (Å²) in [6, 6.07) is 4.58. The summed E-state index contributed by atoms with van der Waals surface area (Å²) in [6.45, 7) is 0.472. The Labute approximate surface area is 113 Å². The number of fused-ring (bicyclic) bond motifs is 1. The van der Waals surface area contributed by atoms with Gasteiger partial charge in [0.05, 0.1) is 5.02 Å². The van der Waals surface area contributed by atoms with Gasteiger partial charge in [0.25, 0.3) is 0 Å². The SMILES string of the molecule is Fc1ccc(CNc2nccn3cnnc23)cc1Cl. The van der Waals surface area contributed by atoms with Crippen molar-refractivity contribution in [3.05, 3.63) is 53.3 Å². The van der Waals surface area contributed by atoms with Crippen molar-refractivity contribution in [2.75, 3.05) is 5.32 Å². The standard InChI is InChI=1S/C12H9ClFN5/c13-9-5-8(1-2-10(9)14)6-16-11-12-18-17-7-19(12)4-3-15-11/h1-5,7H,6H2,(H,15,16). The molecule has 2 aromatic heterocycles. The summed E-state index contributed by atoms with van der Waals surface area (Å²) in [6.07, 6.45) is 5.00. The van der Waals surface area contributed by atoms with Crippen molar-refractivity contribution < 1.29 is 4.39 Å². The van der Waals surface area contributed by atoms with Crippen molar-refractivity contribution in [1.29, 1.82) is 0 Å². The van der Waals surface area contributed by atoms with Crippen LogP contribution in [0.5, 0.6) is 0 Å². The highest BCUT2D eigenvalue weighted by atomic mass is 35.5. The first kappa shape index (κ1) is 11.9. The highest BCUT2D eigenvalue weighted by molar-refractivity contribution is 6.30. The zero-order chi connectivity index (χ0) is 13.2. The van der Waals surface area contributed by atoms with Crippen molar-refractivity contribution in [2.45, 2.75) is 6.54 Å². The molecule has 0 atom stereocenters. The van der Waals surface area contributed by atoms with Crippen molar-refractivity contribution in [3.63, 3.8) is 0 Å². The smallest absolute Gasteiger partial charge is 0.203 e. The molecule has 0 spiro atoms. The third-order valence-corrected chi connectivity index (χ3v) is 2.95. The van der Waals surface area contributed by atoms with Crippen LogP contribution in [-0.4, -0.2) is 19.6 Å². The molecule has 1 N–H and O–H groups in total. The average Bonchev–Trinajstić information content (AvgIpc) is 2.89. The van der Waals surface area contributed by atoms with Gasteiger partial charge in [0.1, 0.15) is 12.1 Å². The zero-order valence-corrected chi connectivity index (χ0v) is 10.5. The Hall–Kier alpha value is -2.21. The number of hydrogen-bond donors (Lipinski definition) is 1. The van der Waals surface area contributed by atoms with Crippen molar-refractivity contribution >= 4 is 23.1 Å². The molecule has 0 aliphatic heterocycles. The summed E-state index contributed by atoms with van der Waals surface area (Å²) in [5.74, 6) is 0.184. The molecule has 3 aromatic rings. The van der Waals surface area contributed by atoms with Crippen LogP contribution in [0.4, 0.5) is 10.2 Å². The van der Waals surface area contributed by atoms with Crippen LogP contribution in [0.2, 0.25) is 5.02 Å². The molecule has 19 heavy (non-hydrogen) atoms. The number of nitrogens with zero attached hydrogens (tertiary/aromatic N) is 4. The van der Waals surface area contributed by atoms with Gasteiger partial charge in [0, 0.05) is 18.9 Å². The lowest BCUT2D eigenvalue weighted by Gasteiger charge is -2.06. The molecule has 0 saturated carbocycles. The fraction of sp³-hybridized carbons (Fsp3) is 0.0833. The highest BCUT2D eigenvalue weighted by Crippen LogP contribution is 2.17. The second-order valence-corrected chi connectivity index (χ2v) is 4.35. The Morgan fingerprint density at radius 3 is 3.11 bits per heavy atom. The Balaban J connectivity index is 1.82. The highest BCUT2D eigenvalue weighted by Gasteiger charge is 2.05. The summed E-state index contributed by atoms with van der Waals surface area (Å²) >= 11 is 5.73. The molecule has 0 saturated heterocycles. The molecule has 7 heteroatoms. The van der Waals surface area contributed by atoms with Crippen LogP contribution in [0, 0.1) is 5.82 Å². The van der Waals surface area contributed by atoms with Gasteiger partial charge < -0.3 is 5.32 Å². The number of rotatable bonds is 3. The molecule has 0 aliphatic rings. The van der Waals surface area contributed by atoms with E-state index in [4.69, 9.17) is 11.6 Å². The van der Waals surface area contributed by atoms with E-state index in [1.807, 2.05) is 0 Å². The van der Waals surface area contributed by atoms with E-state index in [9.17, 15) is 4.39 Å². The van der Waals surface area contributed by atoms with Gasteiger partial charge in [-0.1, -0.05) is 17.7 Å². The third kappa shape index (κ3) is 2.34. The number of hydrogen-bond acceptors (Lipinski definition) is 4. The average molecular weight is 278 g/mol. The Morgan fingerprint density at radius 1 is 1.37 bits per heavy atom. The maximum Gasteiger partial charge on any atom is 0.203 e. The van der Waals surface area contributed by atoms with E-state index < -0.39 is 5.82 Å². The molecule has 2 heterocycles. The van der Waals surface area contributed by atoms with Gasteiger partial charge in [0.2, 0.25) is 5.65 Å². The summed E-state index contributed by atoms with van der Waals surface area (Å²) in [7, 11) is 0. The second-order valence-electron chi connectivity index (χ2n) is 3.94. The molecule has 5 nitrogen and oxygen atoms in total. The number of nitrogens with one attached hydrogen (secondary N) is 1. The molecular weight excluding hydrogens is 269 g/mol. The fourth-order valence-corrected chi connectivity index (χ4v) is 1.92. The van der Waals surface area contributed by atoms with Gasteiger partial charge in [0.15, 0.2) is 5.82 Å². The molecule has 0 unspecified atom stereocenters. The van der Waals surface area contributed by atoms with Crippen LogP contribution in [0.1, 0.15) is 5.56 Å². The van der Waals surface area contributed by atoms with Crippen molar-refractivity contribution in [2.24, 2.45) is 0 Å². The lowest BCUT2D eigenvalue weighted by Crippen LogP contribution is -2.03. The molecule has 1 aromatic carbocycles. The quantitative estimate of drug-likeness (QED) is 0.799. The normalized spacial score (nSPS) is 10.8. The first-order chi connectivity index (χ1) is 9.24. The predicted molar refractivity (Wildman–Crippen MR) is 69.5 cm³/mol. The topological polar surface area (TPSA) is 55.1 Å². The lowest BCUT2D eigenvalue weighted by atomic mass is 10.2. The molecule has 0 amide bonds. The molecule has 0 bridgehead atoms. The Bertz CT molecular complexity index is 727. The largest absolute Gasteiger partial charge is 0.363 e. The van der Waals surface area contributed by atoms with Crippen LogP contribution in [0.15, 0.2) is 36.9 Å². The van der Waals surface area contributed by atoms with Crippen molar-refractivity contribution in [3.8, 4) is 0 Å². The van der Waals surface area contributed by atoms with E-state index in [1.54, 1.807) is 35.3 Å². The number of benzene rings is 1. The van der Waals surface area contributed by atoms with E-state index >= 15 is 0 Å². The number of aromatic nitrogens is 4. The monoisotopic (exact) mass is 277 g/mol. The third-order valence-electron chi connectivity index (χ3n) is 2.66. The molecule has 3 rings (SSSR count). The molecule has 0 fully saturated rings. The summed E-state index contributed by atoms with van der Waals surface area (Å²) in [5, 5.41) is 11.0. The minimum atomic E-state index is -0.428. The van der Waals surface area contributed by atoms with Gasteiger partial charge in [-0.2, -0.15) is 0 Å². The fourth-order valence-electron chi connectivity index (χ4n) is 1.72. The molecule has 0 aliphatic carbocycles. The van der Waals surface area contributed by atoms with Gasteiger partial charge in [-0.15, -0.1) is 10.2 Å². The molecular formula is C12H9ClFN5. The number of anilines is 1. The van der Waals surface area contributed by atoms with Gasteiger partial charge in [-0.3, -0.25) is 4.40 Å². The van der Waals surface area contributed by atoms with Gasteiger partial charge in [-0.05, 0) is 17.7 Å². The van der Waals surface area contributed by atoms with Crippen molar-refractivity contribution in [1.82, 2.24) is 19.6 Å². The maximum atomic E-state index is 13.0. The van der Waals surface area contributed by atoms with E-state index in [0.29, 0.717) is 18.0 Å². The van der Waals surface area contributed by atoms with E-state index in [2.05, 4.69) is 20.5 Å². The molecule has 0 radical (unpaired) electrons. The maximum absolute atomic E-state index is 13.0. The van der Waals surface area contributed by atoms with E-state index in [1.165, 1.54) is 6.07 Å². The van der Waals surface area contributed by atoms with Crippen LogP contribution in [0.25, 0.3) is 5.65 Å². The van der Waals surface area contributed by atoms with Crippen LogP contribution in [-0.2, 0) is 6.54 Å². The Morgan fingerprint density at radius 2 is 2.26 bits per heavy atom. The first-order valence-electron chi connectivity index (χ1n) is 5.56. The minimum absolute atomic E-state index is 0.105. The summed E-state index contributed by atoms with van der Waals surface area (Å²) < 4.78 is 14.8. The number of halogens is 2. The summed E-state index contributed by atoms with van der Waals surface area (Å²) in [5.41, 5.74) is 1.49. The van der Waals surface area contributed by atoms with Gasteiger partial charge in [-0.25, -0.2) is 9.37 Å². The van der Waals surface area contributed by atoms with E-state index in [0.717, 1.165) is 5.56 Å². The van der Waals surface area contributed by atoms with E-state index in [-0.39, 0.29) is 5.02 Å². The Kier molecular flexibility index (Phi) is 3.00. The lowest BCUT2D eigenvalue weighted by molar-refractivity contribution is 0.627. The van der Waals surface area contributed by atoms with Crippen LogP contribution >= 0.6 is 11.6 Å². The van der Waals surface area contributed by atoms with Crippen LogP contribution in [0.3, 0.4) is 0 Å². The first-order valence-corrected chi connectivity index (χ1v) is 5.94. The molecule has 96 valence electrons. The predicted octanol–water partition coefficient (Wildman–Crippen LogP) is 2.53. The zero-order valence-electron chi connectivity index (χ0n) is 9.72.